The molecular formula is C22H31N3O3. The highest BCUT2D eigenvalue weighted by molar-refractivity contribution is 5.88. The number of nitrogens with one attached hydrogen (secondary N) is 1. The van der Waals surface area contributed by atoms with Crippen LogP contribution in [-0.2, 0) is 28.4 Å². The minimum atomic E-state index is -0.558. The fourth-order valence-corrected chi connectivity index (χ4v) is 4.11. The molecular weight excluding hydrogens is 354 g/mol. The van der Waals surface area contributed by atoms with Crippen LogP contribution in [0.3, 0.4) is 0 Å². The highest BCUT2D eigenvalue weighted by Gasteiger charge is 2.42. The molecule has 6 heteroatoms. The second-order valence-corrected chi connectivity index (χ2v) is 7.77. The average Bonchev–Trinajstić information content (AvgIpc) is 2.94. The molecule has 1 aromatic carbocycles. The minimum absolute atomic E-state index is 0.0204. The molecule has 2 aromatic rings. The Labute approximate surface area is 167 Å². The first-order chi connectivity index (χ1) is 13.4. The lowest BCUT2D eigenvalue weighted by Gasteiger charge is -2.37. The second-order valence-electron chi connectivity index (χ2n) is 7.77. The van der Waals surface area contributed by atoms with Gasteiger partial charge in [-0.3, -0.25) is 9.48 Å². The van der Waals surface area contributed by atoms with E-state index in [1.807, 2.05) is 42.9 Å². The number of carbonyl (C=O) groups excluding carboxylic acids is 1. The summed E-state index contributed by atoms with van der Waals surface area (Å²) in [5.41, 5.74) is 3.85. The van der Waals surface area contributed by atoms with Gasteiger partial charge in [0.15, 0.2) is 0 Å². The van der Waals surface area contributed by atoms with E-state index in [1.165, 1.54) is 5.56 Å². The Kier molecular flexibility index (Phi) is 6.08. The Balaban J connectivity index is 1.79. The van der Waals surface area contributed by atoms with Crippen LogP contribution in [0.25, 0.3) is 0 Å². The Bertz CT molecular complexity index is 820. The molecule has 1 fully saturated rings. The summed E-state index contributed by atoms with van der Waals surface area (Å²) in [6, 6.07) is 7.87. The van der Waals surface area contributed by atoms with E-state index in [0.29, 0.717) is 26.1 Å². The predicted octanol–water partition coefficient (Wildman–Crippen LogP) is 2.84. The summed E-state index contributed by atoms with van der Waals surface area (Å²) < 4.78 is 12.7. The zero-order chi connectivity index (χ0) is 20.3. The topological polar surface area (TPSA) is 65.4 Å². The molecule has 28 heavy (non-hydrogen) atoms. The Morgan fingerprint density at radius 1 is 1.29 bits per heavy atom. The molecule has 0 bridgehead atoms. The maximum absolute atomic E-state index is 13.4. The minimum Gasteiger partial charge on any atom is -0.497 e. The van der Waals surface area contributed by atoms with Crippen molar-refractivity contribution in [1.29, 1.82) is 0 Å². The normalized spacial score (nSPS) is 17.2. The number of amides is 1. The number of aryl methyl sites for hydroxylation is 2. The largest absolute Gasteiger partial charge is 0.497 e. The third-order valence-electron chi connectivity index (χ3n) is 5.97. The second kappa shape index (κ2) is 8.35. The number of methoxy groups -OCH3 is 1. The van der Waals surface area contributed by atoms with Gasteiger partial charge >= 0.3 is 0 Å². The van der Waals surface area contributed by atoms with Crippen LogP contribution < -0.4 is 10.1 Å². The third-order valence-corrected chi connectivity index (χ3v) is 5.97. The van der Waals surface area contributed by atoms with Gasteiger partial charge in [0.1, 0.15) is 5.75 Å². The van der Waals surface area contributed by atoms with E-state index in [1.54, 1.807) is 7.11 Å². The number of ether oxygens (including phenoxy) is 2. The van der Waals surface area contributed by atoms with Crippen molar-refractivity contribution in [3.63, 3.8) is 0 Å². The SMILES string of the molecule is COc1ccc(C2(C(=O)N[C@H](C)Cc3c(C)nn(C)c3C)CCOCC2)cc1. The van der Waals surface area contributed by atoms with E-state index in [9.17, 15) is 4.79 Å². The molecule has 6 nitrogen and oxygen atoms in total. The van der Waals surface area contributed by atoms with Crippen LogP contribution >= 0.6 is 0 Å². The molecule has 1 aliphatic rings. The van der Waals surface area contributed by atoms with Gasteiger partial charge in [0.05, 0.1) is 18.2 Å². The predicted molar refractivity (Wildman–Crippen MR) is 109 cm³/mol. The first kappa shape index (κ1) is 20.4. The van der Waals surface area contributed by atoms with E-state index in [-0.39, 0.29) is 11.9 Å². The van der Waals surface area contributed by atoms with Crippen molar-refractivity contribution in [1.82, 2.24) is 15.1 Å². The summed E-state index contributed by atoms with van der Waals surface area (Å²) in [7, 11) is 3.60. The number of benzene rings is 1. The number of rotatable bonds is 6. The van der Waals surface area contributed by atoms with Crippen LogP contribution in [0.4, 0.5) is 0 Å². The van der Waals surface area contributed by atoms with Gasteiger partial charge in [0.2, 0.25) is 5.91 Å². The van der Waals surface area contributed by atoms with Crippen LogP contribution in [0.5, 0.6) is 5.75 Å². The number of carbonyl (C=O) groups is 1. The van der Waals surface area contributed by atoms with Crippen molar-refractivity contribution in [2.75, 3.05) is 20.3 Å². The van der Waals surface area contributed by atoms with Gasteiger partial charge in [-0.05, 0) is 63.3 Å². The monoisotopic (exact) mass is 385 g/mol. The van der Waals surface area contributed by atoms with Crippen LogP contribution in [-0.4, -0.2) is 42.1 Å². The van der Waals surface area contributed by atoms with Crippen molar-refractivity contribution in [3.05, 3.63) is 46.8 Å². The average molecular weight is 386 g/mol. The lowest BCUT2D eigenvalue weighted by atomic mass is 9.73. The van der Waals surface area contributed by atoms with Gasteiger partial charge in [-0.15, -0.1) is 0 Å². The zero-order valence-electron chi connectivity index (χ0n) is 17.5. The molecule has 3 rings (SSSR count). The molecule has 0 spiro atoms. The zero-order valence-corrected chi connectivity index (χ0v) is 17.5. The third kappa shape index (κ3) is 3.92. The molecule has 1 saturated heterocycles. The number of hydrogen-bond acceptors (Lipinski definition) is 4. The summed E-state index contributed by atoms with van der Waals surface area (Å²) in [6.45, 7) is 7.34. The van der Waals surface area contributed by atoms with Gasteiger partial charge in [-0.1, -0.05) is 12.1 Å². The van der Waals surface area contributed by atoms with Crippen LogP contribution in [0.2, 0.25) is 0 Å². The van der Waals surface area contributed by atoms with E-state index in [2.05, 4.69) is 24.3 Å². The van der Waals surface area contributed by atoms with Gasteiger partial charge < -0.3 is 14.8 Å². The Hall–Kier alpha value is -2.34. The molecule has 152 valence electrons. The molecule has 1 amide bonds. The van der Waals surface area contributed by atoms with Crippen molar-refractivity contribution in [2.45, 2.75) is 51.5 Å². The van der Waals surface area contributed by atoms with Crippen LogP contribution in [0.1, 0.15) is 42.3 Å². The first-order valence-electron chi connectivity index (χ1n) is 9.89. The summed E-state index contributed by atoms with van der Waals surface area (Å²) in [4.78, 5) is 13.4. The maximum Gasteiger partial charge on any atom is 0.231 e. The van der Waals surface area contributed by atoms with E-state index in [4.69, 9.17) is 9.47 Å². The van der Waals surface area contributed by atoms with Gasteiger partial charge in [0, 0.05) is 32.0 Å². The summed E-state index contributed by atoms with van der Waals surface area (Å²) in [6.07, 6.45) is 2.14. The summed E-state index contributed by atoms with van der Waals surface area (Å²) in [5, 5.41) is 7.75. The van der Waals surface area contributed by atoms with Crippen molar-refractivity contribution < 1.29 is 14.3 Å². The Morgan fingerprint density at radius 2 is 1.93 bits per heavy atom. The highest BCUT2D eigenvalue weighted by atomic mass is 16.5. The highest BCUT2D eigenvalue weighted by Crippen LogP contribution is 2.36. The fourth-order valence-electron chi connectivity index (χ4n) is 4.11. The molecule has 0 radical (unpaired) electrons. The molecule has 1 N–H and O–H groups in total. The van der Waals surface area contributed by atoms with Crippen LogP contribution in [0, 0.1) is 13.8 Å². The Morgan fingerprint density at radius 3 is 2.46 bits per heavy atom. The quantitative estimate of drug-likeness (QED) is 0.830. The molecule has 0 saturated carbocycles. The molecule has 0 unspecified atom stereocenters. The number of nitrogens with zero attached hydrogens (tertiary/aromatic N) is 2. The van der Waals surface area contributed by atoms with Crippen molar-refractivity contribution >= 4 is 5.91 Å². The van der Waals surface area contributed by atoms with E-state index >= 15 is 0 Å². The molecule has 1 aliphatic heterocycles. The molecule has 1 aromatic heterocycles. The molecule has 1 atom stereocenters. The number of aromatic nitrogens is 2. The molecule has 0 aliphatic carbocycles. The van der Waals surface area contributed by atoms with E-state index in [0.717, 1.165) is 29.1 Å². The standard InChI is InChI=1S/C22H31N3O3/c1-15(14-20-16(2)24-25(4)17(20)3)23-21(26)22(10-12-28-13-11-22)18-6-8-19(27-5)9-7-18/h6-9,15H,10-14H2,1-5H3,(H,23,26)/t15-/m1/s1. The van der Waals surface area contributed by atoms with Crippen LogP contribution in [0.15, 0.2) is 24.3 Å². The summed E-state index contributed by atoms with van der Waals surface area (Å²) >= 11 is 0. The fraction of sp³-hybridized carbons (Fsp3) is 0.545. The summed E-state index contributed by atoms with van der Waals surface area (Å²) in [5.74, 6) is 0.870. The van der Waals surface area contributed by atoms with Crippen molar-refractivity contribution in [3.8, 4) is 5.75 Å². The lowest BCUT2D eigenvalue weighted by molar-refractivity contribution is -0.131. The molecule has 2 heterocycles. The number of hydrogen-bond donors (Lipinski definition) is 1. The van der Waals surface area contributed by atoms with Gasteiger partial charge in [0.25, 0.3) is 0 Å². The van der Waals surface area contributed by atoms with Crippen molar-refractivity contribution in [2.24, 2.45) is 7.05 Å². The first-order valence-corrected chi connectivity index (χ1v) is 9.89. The lowest BCUT2D eigenvalue weighted by Crippen LogP contribution is -2.50. The van der Waals surface area contributed by atoms with E-state index < -0.39 is 5.41 Å². The maximum atomic E-state index is 13.4. The van der Waals surface area contributed by atoms with Gasteiger partial charge in [-0.25, -0.2) is 0 Å². The van der Waals surface area contributed by atoms with Gasteiger partial charge in [-0.2, -0.15) is 5.10 Å². The smallest absolute Gasteiger partial charge is 0.231 e.